The molecule has 1 aromatic carbocycles. The lowest BCUT2D eigenvalue weighted by molar-refractivity contribution is 0.711. The molecule has 0 saturated carbocycles. The number of fused-ring (bicyclic) bond motifs is 1. The van der Waals surface area contributed by atoms with Gasteiger partial charge in [0.2, 0.25) is 0 Å². The second-order valence-corrected chi connectivity index (χ2v) is 5.95. The number of rotatable bonds is 3. The van der Waals surface area contributed by atoms with Crippen LogP contribution in [0.1, 0.15) is 36.1 Å². The van der Waals surface area contributed by atoms with E-state index in [1.807, 2.05) is 0 Å². The van der Waals surface area contributed by atoms with Gasteiger partial charge in [0, 0.05) is 5.69 Å². The van der Waals surface area contributed by atoms with Gasteiger partial charge >= 0.3 is 0 Å². The van der Waals surface area contributed by atoms with E-state index in [-0.39, 0.29) is 0 Å². The van der Waals surface area contributed by atoms with Gasteiger partial charge in [-0.3, -0.25) is 5.10 Å². The highest BCUT2D eigenvalue weighted by molar-refractivity contribution is 9.10. The number of H-pyrrole nitrogens is 1. The van der Waals surface area contributed by atoms with E-state index in [1.165, 1.54) is 48.9 Å². The SMILES string of the molecule is Brc1cn[nH]c1CNc1ccc2c(c1)CCCCC2. The van der Waals surface area contributed by atoms with Crippen molar-refractivity contribution in [2.24, 2.45) is 0 Å². The van der Waals surface area contributed by atoms with Gasteiger partial charge in [0.05, 0.1) is 22.9 Å². The Bertz CT molecular complexity index is 562. The van der Waals surface area contributed by atoms with Gasteiger partial charge in [0.25, 0.3) is 0 Å². The van der Waals surface area contributed by atoms with Gasteiger partial charge < -0.3 is 5.32 Å². The number of aromatic amines is 1. The summed E-state index contributed by atoms with van der Waals surface area (Å²) in [5, 5.41) is 10.5. The molecule has 2 N–H and O–H groups in total. The second kappa shape index (κ2) is 5.78. The van der Waals surface area contributed by atoms with Crippen LogP contribution in [-0.4, -0.2) is 10.2 Å². The molecule has 0 radical (unpaired) electrons. The smallest absolute Gasteiger partial charge is 0.0685 e. The number of anilines is 1. The van der Waals surface area contributed by atoms with Crippen molar-refractivity contribution in [1.82, 2.24) is 10.2 Å². The number of benzene rings is 1. The molecule has 1 aliphatic rings. The zero-order valence-corrected chi connectivity index (χ0v) is 12.5. The zero-order valence-electron chi connectivity index (χ0n) is 10.9. The van der Waals surface area contributed by atoms with Crippen LogP contribution in [0.25, 0.3) is 0 Å². The fraction of sp³-hybridized carbons (Fsp3) is 0.400. The first-order chi connectivity index (χ1) is 9.33. The minimum Gasteiger partial charge on any atom is -0.379 e. The van der Waals surface area contributed by atoms with Crippen LogP contribution in [0.15, 0.2) is 28.9 Å². The monoisotopic (exact) mass is 319 g/mol. The first-order valence-electron chi connectivity index (χ1n) is 6.86. The molecule has 0 atom stereocenters. The van der Waals surface area contributed by atoms with E-state index in [4.69, 9.17) is 0 Å². The largest absolute Gasteiger partial charge is 0.379 e. The van der Waals surface area contributed by atoms with E-state index in [0.29, 0.717) is 0 Å². The molecule has 4 heteroatoms. The molecule has 0 amide bonds. The molecule has 1 aromatic heterocycles. The van der Waals surface area contributed by atoms with Crippen molar-refractivity contribution in [3.63, 3.8) is 0 Å². The van der Waals surface area contributed by atoms with Gasteiger partial charge in [-0.05, 0) is 64.9 Å². The van der Waals surface area contributed by atoms with Crippen molar-refractivity contribution in [1.29, 1.82) is 0 Å². The van der Waals surface area contributed by atoms with Gasteiger partial charge in [0.1, 0.15) is 0 Å². The first kappa shape index (κ1) is 12.7. The molecule has 1 aliphatic carbocycles. The summed E-state index contributed by atoms with van der Waals surface area (Å²) >= 11 is 3.48. The van der Waals surface area contributed by atoms with Gasteiger partial charge in [0.15, 0.2) is 0 Å². The maximum atomic E-state index is 4.00. The lowest BCUT2D eigenvalue weighted by atomic mass is 10.0. The maximum absolute atomic E-state index is 4.00. The standard InChI is InChI=1S/C15H18BrN3/c16-14-9-18-19-15(14)10-17-13-7-6-11-4-2-1-3-5-12(11)8-13/h6-9,17H,1-5,10H2,(H,18,19). The van der Waals surface area contributed by atoms with E-state index in [9.17, 15) is 0 Å². The molecule has 2 aromatic rings. The lowest BCUT2D eigenvalue weighted by Gasteiger charge is -2.10. The summed E-state index contributed by atoms with van der Waals surface area (Å²) in [6, 6.07) is 6.78. The Balaban J connectivity index is 1.72. The van der Waals surface area contributed by atoms with Crippen molar-refractivity contribution in [2.45, 2.75) is 38.6 Å². The number of aryl methyl sites for hydroxylation is 2. The van der Waals surface area contributed by atoms with Crippen molar-refractivity contribution >= 4 is 21.6 Å². The molecular formula is C15H18BrN3. The Morgan fingerprint density at radius 2 is 2.00 bits per heavy atom. The molecule has 0 saturated heterocycles. The Morgan fingerprint density at radius 1 is 1.16 bits per heavy atom. The summed E-state index contributed by atoms with van der Waals surface area (Å²) in [6.45, 7) is 0.763. The van der Waals surface area contributed by atoms with Crippen molar-refractivity contribution in [3.05, 3.63) is 45.7 Å². The van der Waals surface area contributed by atoms with Crippen LogP contribution in [0.4, 0.5) is 5.69 Å². The predicted molar refractivity (Wildman–Crippen MR) is 81.3 cm³/mol. The Kier molecular flexibility index (Phi) is 3.87. The third kappa shape index (κ3) is 3.00. The van der Waals surface area contributed by atoms with E-state index in [1.54, 1.807) is 6.20 Å². The molecule has 0 unspecified atom stereocenters. The summed E-state index contributed by atoms with van der Waals surface area (Å²) in [5.74, 6) is 0. The van der Waals surface area contributed by atoms with E-state index >= 15 is 0 Å². The van der Waals surface area contributed by atoms with Crippen LogP contribution < -0.4 is 5.32 Å². The zero-order chi connectivity index (χ0) is 13.1. The molecule has 0 fully saturated rings. The van der Waals surface area contributed by atoms with Crippen LogP contribution in [0, 0.1) is 0 Å². The highest BCUT2D eigenvalue weighted by Crippen LogP contribution is 2.24. The molecule has 3 nitrogen and oxygen atoms in total. The topological polar surface area (TPSA) is 40.7 Å². The van der Waals surface area contributed by atoms with Crippen molar-refractivity contribution < 1.29 is 0 Å². The number of hydrogen-bond acceptors (Lipinski definition) is 2. The van der Waals surface area contributed by atoms with Crippen LogP contribution in [-0.2, 0) is 19.4 Å². The minimum absolute atomic E-state index is 0.763. The first-order valence-corrected chi connectivity index (χ1v) is 7.65. The molecular weight excluding hydrogens is 302 g/mol. The van der Waals surface area contributed by atoms with E-state index in [2.05, 4.69) is 49.6 Å². The number of nitrogens with zero attached hydrogens (tertiary/aromatic N) is 1. The van der Waals surface area contributed by atoms with Crippen molar-refractivity contribution in [2.75, 3.05) is 5.32 Å². The second-order valence-electron chi connectivity index (χ2n) is 5.09. The van der Waals surface area contributed by atoms with Gasteiger partial charge in [-0.2, -0.15) is 5.10 Å². The normalized spacial score (nSPS) is 14.8. The van der Waals surface area contributed by atoms with E-state index < -0.39 is 0 Å². The minimum atomic E-state index is 0.763. The van der Waals surface area contributed by atoms with Gasteiger partial charge in [-0.25, -0.2) is 0 Å². The fourth-order valence-electron chi connectivity index (χ4n) is 2.63. The van der Waals surface area contributed by atoms with E-state index in [0.717, 1.165) is 16.7 Å². The van der Waals surface area contributed by atoms with Crippen LogP contribution in [0.5, 0.6) is 0 Å². The highest BCUT2D eigenvalue weighted by Gasteiger charge is 2.08. The van der Waals surface area contributed by atoms with Crippen LogP contribution in [0.2, 0.25) is 0 Å². The summed E-state index contributed by atoms with van der Waals surface area (Å²) in [4.78, 5) is 0. The highest BCUT2D eigenvalue weighted by atomic mass is 79.9. The van der Waals surface area contributed by atoms with Crippen LogP contribution in [0.3, 0.4) is 0 Å². The maximum Gasteiger partial charge on any atom is 0.0685 e. The predicted octanol–water partition coefficient (Wildman–Crippen LogP) is 4.05. The van der Waals surface area contributed by atoms with Gasteiger partial charge in [-0.15, -0.1) is 0 Å². The summed E-state index contributed by atoms with van der Waals surface area (Å²) < 4.78 is 1.02. The van der Waals surface area contributed by atoms with Crippen LogP contribution >= 0.6 is 15.9 Å². The molecule has 19 heavy (non-hydrogen) atoms. The summed E-state index contributed by atoms with van der Waals surface area (Å²) in [5.41, 5.74) is 5.33. The Labute approximate surface area is 121 Å². The molecule has 100 valence electrons. The third-order valence-corrected chi connectivity index (χ3v) is 4.42. The summed E-state index contributed by atoms with van der Waals surface area (Å²) in [7, 11) is 0. The molecule has 1 heterocycles. The Morgan fingerprint density at radius 3 is 2.79 bits per heavy atom. The molecule has 0 bridgehead atoms. The number of aromatic nitrogens is 2. The number of halogens is 1. The Hall–Kier alpha value is -1.29. The number of hydrogen-bond donors (Lipinski definition) is 2. The molecule has 0 spiro atoms. The van der Waals surface area contributed by atoms with Gasteiger partial charge in [-0.1, -0.05) is 12.5 Å². The molecule has 3 rings (SSSR count). The lowest BCUT2D eigenvalue weighted by Crippen LogP contribution is -2.02. The van der Waals surface area contributed by atoms with Crippen molar-refractivity contribution in [3.8, 4) is 0 Å². The molecule has 0 aliphatic heterocycles. The average Bonchev–Trinajstić information content (AvgIpc) is 2.70. The summed E-state index contributed by atoms with van der Waals surface area (Å²) in [6.07, 6.45) is 8.26. The number of nitrogens with one attached hydrogen (secondary N) is 2. The fourth-order valence-corrected chi connectivity index (χ4v) is 2.96. The average molecular weight is 320 g/mol. The third-order valence-electron chi connectivity index (χ3n) is 3.73. The quantitative estimate of drug-likeness (QED) is 0.838.